The average Bonchev–Trinajstić information content (AvgIpc) is 2.93. The molecule has 0 fully saturated rings. The minimum atomic E-state index is -1.41. The van der Waals surface area contributed by atoms with Gasteiger partial charge in [0.05, 0.1) is 49.7 Å². The van der Waals surface area contributed by atoms with E-state index in [0.29, 0.717) is 46.3 Å². The third kappa shape index (κ3) is 8.39. The van der Waals surface area contributed by atoms with Gasteiger partial charge in [-0.2, -0.15) is 0 Å². The van der Waals surface area contributed by atoms with Crippen LogP contribution >= 0.6 is 11.6 Å². The van der Waals surface area contributed by atoms with Crippen molar-refractivity contribution in [3.8, 4) is 0 Å². The Balaban J connectivity index is 0.000000404. The highest BCUT2D eigenvalue weighted by atomic mass is 35.5. The van der Waals surface area contributed by atoms with Crippen molar-refractivity contribution in [2.45, 2.75) is 25.9 Å². The predicted molar refractivity (Wildman–Crippen MR) is 145 cm³/mol. The molecular formula is C28H33ClN2O8. The van der Waals surface area contributed by atoms with E-state index in [0.717, 1.165) is 0 Å². The number of ether oxygens (including phenoxy) is 3. The second-order valence-electron chi connectivity index (χ2n) is 8.22. The number of hydrogen-bond acceptors (Lipinski definition) is 9. The van der Waals surface area contributed by atoms with E-state index in [2.05, 4.69) is 5.32 Å². The minimum absolute atomic E-state index is 0.109. The molecule has 5 N–H and O–H groups in total. The molecule has 1 aliphatic heterocycles. The van der Waals surface area contributed by atoms with Crippen LogP contribution in [-0.4, -0.2) is 61.6 Å². The highest BCUT2D eigenvalue weighted by Crippen LogP contribution is 2.41. The number of esters is 2. The van der Waals surface area contributed by atoms with Crippen molar-refractivity contribution < 1.29 is 38.8 Å². The molecule has 3 rings (SSSR count). The Morgan fingerprint density at radius 1 is 1.05 bits per heavy atom. The molecule has 1 aliphatic rings. The third-order valence-electron chi connectivity index (χ3n) is 5.62. The Kier molecular flexibility index (Phi) is 12.6. The van der Waals surface area contributed by atoms with Gasteiger partial charge in [-0.15, -0.1) is 0 Å². The summed E-state index contributed by atoms with van der Waals surface area (Å²) in [6.07, 6.45) is -1.41. The Labute approximate surface area is 232 Å². The van der Waals surface area contributed by atoms with E-state index in [9.17, 15) is 14.4 Å². The number of aliphatic hydroxyl groups excluding tert-OH is 1. The van der Waals surface area contributed by atoms with Gasteiger partial charge in [-0.1, -0.05) is 60.1 Å². The van der Waals surface area contributed by atoms with Crippen molar-refractivity contribution in [3.05, 3.63) is 93.3 Å². The van der Waals surface area contributed by atoms with Gasteiger partial charge in [-0.3, -0.25) is 0 Å². The highest BCUT2D eigenvalue weighted by Gasteiger charge is 2.39. The first kappa shape index (κ1) is 31.5. The lowest BCUT2D eigenvalue weighted by atomic mass is 9.80. The van der Waals surface area contributed by atoms with Crippen LogP contribution in [0.15, 0.2) is 77.1 Å². The van der Waals surface area contributed by atoms with Gasteiger partial charge >= 0.3 is 17.9 Å². The molecule has 1 heterocycles. The maximum atomic E-state index is 12.9. The number of hydrogen-bond donors (Lipinski definition) is 4. The molecule has 11 heteroatoms. The van der Waals surface area contributed by atoms with E-state index in [-0.39, 0.29) is 18.8 Å². The normalized spacial score (nSPS) is 15.5. The molecule has 0 amide bonds. The summed E-state index contributed by atoms with van der Waals surface area (Å²) in [5.41, 5.74) is 8.10. The first-order valence-electron chi connectivity index (χ1n) is 12.1. The molecule has 1 unspecified atom stereocenters. The minimum Gasteiger partial charge on any atom is -0.479 e. The number of benzene rings is 2. The zero-order chi connectivity index (χ0) is 28.9. The van der Waals surface area contributed by atoms with Crippen LogP contribution in [0.3, 0.4) is 0 Å². The van der Waals surface area contributed by atoms with Crippen LogP contribution < -0.4 is 11.1 Å². The van der Waals surface area contributed by atoms with Gasteiger partial charge in [0.15, 0.2) is 6.10 Å². The molecule has 0 saturated heterocycles. The monoisotopic (exact) mass is 560 g/mol. The number of dihydropyridines is 1. The Bertz CT molecular complexity index is 1210. The second-order valence-corrected chi connectivity index (χ2v) is 8.62. The van der Waals surface area contributed by atoms with E-state index in [1.807, 2.05) is 0 Å². The summed E-state index contributed by atoms with van der Waals surface area (Å²) in [5, 5.41) is 20.9. The summed E-state index contributed by atoms with van der Waals surface area (Å²) in [7, 11) is 1.29. The maximum absolute atomic E-state index is 12.9. The number of aliphatic carboxylic acids is 1. The molecule has 10 nitrogen and oxygen atoms in total. The van der Waals surface area contributed by atoms with Gasteiger partial charge in [-0.05, 0) is 31.0 Å². The first-order chi connectivity index (χ1) is 18.7. The van der Waals surface area contributed by atoms with Crippen molar-refractivity contribution in [1.82, 2.24) is 5.32 Å². The van der Waals surface area contributed by atoms with Crippen molar-refractivity contribution in [2.75, 3.05) is 33.5 Å². The van der Waals surface area contributed by atoms with Crippen molar-refractivity contribution in [1.29, 1.82) is 0 Å². The number of carbonyl (C=O) groups is 3. The fourth-order valence-corrected chi connectivity index (χ4v) is 4.14. The molecule has 2 aromatic rings. The number of carboxylic acids is 1. The summed E-state index contributed by atoms with van der Waals surface area (Å²) in [5.74, 6) is -3.09. The van der Waals surface area contributed by atoms with Gasteiger partial charge in [0.1, 0.15) is 0 Å². The zero-order valence-corrected chi connectivity index (χ0v) is 22.7. The summed E-state index contributed by atoms with van der Waals surface area (Å²) < 4.78 is 15.8. The second kappa shape index (κ2) is 15.6. The fourth-order valence-electron chi connectivity index (χ4n) is 3.90. The van der Waals surface area contributed by atoms with Crippen LogP contribution in [-0.2, 0) is 28.6 Å². The smallest absolute Gasteiger partial charge is 0.337 e. The van der Waals surface area contributed by atoms with E-state index < -0.39 is 29.9 Å². The molecule has 0 radical (unpaired) electrons. The topological polar surface area (TPSA) is 157 Å². The Morgan fingerprint density at radius 3 is 2.26 bits per heavy atom. The number of methoxy groups -OCH3 is 1. The quantitative estimate of drug-likeness (QED) is 0.251. The van der Waals surface area contributed by atoms with Gasteiger partial charge in [0.25, 0.3) is 0 Å². The van der Waals surface area contributed by atoms with Crippen LogP contribution in [0.25, 0.3) is 0 Å². The van der Waals surface area contributed by atoms with Crippen molar-refractivity contribution >= 4 is 29.5 Å². The predicted octanol–water partition coefficient (Wildman–Crippen LogP) is 3.07. The molecule has 2 aromatic carbocycles. The molecule has 0 aromatic heterocycles. The van der Waals surface area contributed by atoms with E-state index in [4.69, 9.17) is 41.8 Å². The lowest BCUT2D eigenvalue weighted by Gasteiger charge is -2.31. The number of aliphatic hydroxyl groups is 1. The van der Waals surface area contributed by atoms with Crippen LogP contribution in [0.4, 0.5) is 0 Å². The number of nitrogens with one attached hydrogen (secondary N) is 1. The number of nitrogens with two attached hydrogens (primary N) is 1. The van der Waals surface area contributed by atoms with E-state index in [1.54, 1.807) is 68.4 Å². The third-order valence-corrected chi connectivity index (χ3v) is 5.96. The standard InChI is InChI=1S/C20H25ClN2O5.C8H8O3/c1-4-28-20(25)18-15(11-27-10-9-22)23-12(2)16(19(24)26-3)17(18)13-7-5-6-8-14(13)21;9-7(8(10)11)6-4-2-1-3-5-6/h5-8,17,23H,4,9-11,22H2,1-3H3;1-5,7,9H,(H,10,11)/t17-;/m0./s1. The van der Waals surface area contributed by atoms with Gasteiger partial charge in [0.2, 0.25) is 0 Å². The lowest BCUT2D eigenvalue weighted by Crippen LogP contribution is -2.35. The molecule has 2 atom stereocenters. The summed E-state index contributed by atoms with van der Waals surface area (Å²) >= 11 is 6.42. The summed E-state index contributed by atoms with van der Waals surface area (Å²) in [6.45, 7) is 4.42. The summed E-state index contributed by atoms with van der Waals surface area (Å²) in [4.78, 5) is 35.7. The maximum Gasteiger partial charge on any atom is 0.337 e. The average molecular weight is 561 g/mol. The Hall–Kier alpha value is -3.70. The summed E-state index contributed by atoms with van der Waals surface area (Å²) in [6, 6.07) is 15.3. The van der Waals surface area contributed by atoms with Crippen molar-refractivity contribution in [3.63, 3.8) is 0 Å². The lowest BCUT2D eigenvalue weighted by molar-refractivity contribution is -0.147. The van der Waals surface area contributed by atoms with E-state index in [1.165, 1.54) is 7.11 Å². The number of carbonyl (C=O) groups excluding carboxylic acids is 2. The Morgan fingerprint density at radius 2 is 1.69 bits per heavy atom. The number of halogens is 1. The van der Waals surface area contributed by atoms with Crippen LogP contribution in [0, 0.1) is 0 Å². The largest absolute Gasteiger partial charge is 0.479 e. The zero-order valence-electron chi connectivity index (χ0n) is 22.0. The van der Waals surface area contributed by atoms with Gasteiger partial charge < -0.3 is 35.5 Å². The van der Waals surface area contributed by atoms with Crippen LogP contribution in [0.1, 0.15) is 37.0 Å². The number of rotatable bonds is 10. The molecular weight excluding hydrogens is 528 g/mol. The molecule has 39 heavy (non-hydrogen) atoms. The van der Waals surface area contributed by atoms with Gasteiger partial charge in [-0.25, -0.2) is 14.4 Å². The van der Waals surface area contributed by atoms with Crippen LogP contribution in [0.2, 0.25) is 5.02 Å². The van der Waals surface area contributed by atoms with Gasteiger partial charge in [0, 0.05) is 17.3 Å². The van der Waals surface area contributed by atoms with Crippen molar-refractivity contribution in [2.24, 2.45) is 5.73 Å². The fraction of sp³-hybridized carbons (Fsp3) is 0.321. The number of allylic oxidation sites excluding steroid dienone is 1. The highest BCUT2D eigenvalue weighted by molar-refractivity contribution is 6.31. The molecule has 210 valence electrons. The molecule has 0 saturated carbocycles. The molecule has 0 spiro atoms. The molecule has 0 aliphatic carbocycles. The van der Waals surface area contributed by atoms with Crippen LogP contribution in [0.5, 0.6) is 0 Å². The first-order valence-corrected chi connectivity index (χ1v) is 12.5. The number of carboxylic acid groups (broad SMARTS) is 1. The molecule has 0 bridgehead atoms. The SMILES string of the molecule is CCOC(=O)C1=C(COCCN)NC(C)=C(C(=O)OC)[C@@H]1c1ccccc1Cl.O=C(O)C(O)c1ccccc1. The van der Waals surface area contributed by atoms with E-state index >= 15 is 0 Å².